The van der Waals surface area contributed by atoms with Crippen LogP contribution in [0.1, 0.15) is 55.0 Å². The molecule has 1 fully saturated rings. The molecule has 2 aliphatic heterocycles. The van der Waals surface area contributed by atoms with E-state index in [2.05, 4.69) is 0 Å². The predicted molar refractivity (Wildman–Crippen MR) is 161 cm³/mol. The fourth-order valence-electron chi connectivity index (χ4n) is 7.21. The standard InChI is InChI=1S/C36H29NO5/c1-3-42-29-15-9-7-13-27(29)31-32(33(38)23-16-19-24(41-2)20-17-23)37-28-14-8-4-10-22(28)18-21-30(37)36(31)34(39)25-11-5-6-12-26(25)35(36)40/h4-21,30-32H,3H2,1-2H3/t30-,31-,32+/m0/s1. The Hall–Kier alpha value is -4.97. The zero-order valence-corrected chi connectivity index (χ0v) is 23.3. The minimum absolute atomic E-state index is 0.183. The van der Waals surface area contributed by atoms with E-state index < -0.39 is 23.4 Å². The molecule has 0 aromatic heterocycles. The predicted octanol–water partition coefficient (Wildman–Crippen LogP) is 6.41. The van der Waals surface area contributed by atoms with Crippen molar-refractivity contribution in [3.05, 3.63) is 131 Å². The van der Waals surface area contributed by atoms with E-state index in [4.69, 9.17) is 9.47 Å². The van der Waals surface area contributed by atoms with Crippen LogP contribution in [-0.4, -0.2) is 43.2 Å². The molecule has 42 heavy (non-hydrogen) atoms. The Labute approximate surface area is 244 Å². The lowest BCUT2D eigenvalue weighted by molar-refractivity contribution is 0.0664. The first-order valence-corrected chi connectivity index (χ1v) is 14.2. The van der Waals surface area contributed by atoms with Crippen molar-refractivity contribution in [2.75, 3.05) is 18.6 Å². The van der Waals surface area contributed by atoms with Gasteiger partial charge in [0.2, 0.25) is 0 Å². The molecule has 0 N–H and O–H groups in total. The van der Waals surface area contributed by atoms with Gasteiger partial charge < -0.3 is 14.4 Å². The van der Waals surface area contributed by atoms with Crippen molar-refractivity contribution in [1.82, 2.24) is 0 Å². The number of methoxy groups -OCH3 is 1. The Morgan fingerprint density at radius 2 is 1.48 bits per heavy atom. The van der Waals surface area contributed by atoms with Crippen LogP contribution in [0.2, 0.25) is 0 Å². The van der Waals surface area contributed by atoms with E-state index in [1.807, 2.05) is 72.5 Å². The van der Waals surface area contributed by atoms with Crippen LogP contribution in [0.15, 0.2) is 103 Å². The van der Waals surface area contributed by atoms with E-state index in [9.17, 15) is 14.4 Å². The smallest absolute Gasteiger partial charge is 0.185 e. The second kappa shape index (κ2) is 9.84. The topological polar surface area (TPSA) is 72.9 Å². The van der Waals surface area contributed by atoms with Crippen molar-refractivity contribution < 1.29 is 23.9 Å². The summed E-state index contributed by atoms with van der Waals surface area (Å²) in [6.45, 7) is 2.29. The maximum Gasteiger partial charge on any atom is 0.185 e. The Balaban J connectivity index is 1.54. The van der Waals surface area contributed by atoms with Gasteiger partial charge in [-0.05, 0) is 48.9 Å². The lowest BCUT2D eigenvalue weighted by Gasteiger charge is -2.37. The van der Waals surface area contributed by atoms with Crippen molar-refractivity contribution in [3.63, 3.8) is 0 Å². The molecule has 1 saturated heterocycles. The van der Waals surface area contributed by atoms with Crippen LogP contribution in [0.25, 0.3) is 6.08 Å². The third-order valence-electron chi connectivity index (χ3n) is 8.91. The van der Waals surface area contributed by atoms with Crippen LogP contribution in [0, 0.1) is 5.41 Å². The Morgan fingerprint density at radius 3 is 2.17 bits per heavy atom. The van der Waals surface area contributed by atoms with E-state index in [1.165, 1.54) is 0 Å². The van der Waals surface area contributed by atoms with Gasteiger partial charge in [0.25, 0.3) is 0 Å². The number of anilines is 1. The molecule has 7 rings (SSSR count). The highest BCUT2D eigenvalue weighted by Gasteiger charge is 2.71. The largest absolute Gasteiger partial charge is 0.497 e. The molecule has 0 bridgehead atoms. The molecule has 4 aromatic carbocycles. The first-order chi connectivity index (χ1) is 20.5. The molecule has 1 aliphatic carbocycles. The van der Waals surface area contributed by atoms with E-state index in [0.29, 0.717) is 40.4 Å². The van der Waals surface area contributed by atoms with Crippen molar-refractivity contribution in [1.29, 1.82) is 0 Å². The molecule has 3 atom stereocenters. The molecule has 2 heterocycles. The second-order valence-electron chi connectivity index (χ2n) is 10.8. The maximum absolute atomic E-state index is 14.8. The summed E-state index contributed by atoms with van der Waals surface area (Å²) in [5.41, 5.74) is 2.08. The van der Waals surface area contributed by atoms with Crippen LogP contribution in [0.4, 0.5) is 5.69 Å². The van der Waals surface area contributed by atoms with Crippen molar-refractivity contribution in [2.45, 2.75) is 24.9 Å². The summed E-state index contributed by atoms with van der Waals surface area (Å²) in [6.07, 6.45) is 3.90. The molecule has 0 unspecified atom stereocenters. The van der Waals surface area contributed by atoms with Crippen LogP contribution < -0.4 is 14.4 Å². The number of carbonyl (C=O) groups is 3. The van der Waals surface area contributed by atoms with Gasteiger partial charge in [-0.3, -0.25) is 14.4 Å². The number of hydrogen-bond donors (Lipinski definition) is 0. The fraction of sp³-hybridized carbons (Fsp3) is 0.194. The Kier molecular flexibility index (Phi) is 6.08. The summed E-state index contributed by atoms with van der Waals surface area (Å²) < 4.78 is 11.4. The van der Waals surface area contributed by atoms with Crippen LogP contribution in [0.5, 0.6) is 11.5 Å². The first-order valence-electron chi connectivity index (χ1n) is 14.2. The third kappa shape index (κ3) is 3.48. The zero-order chi connectivity index (χ0) is 29.0. The molecule has 0 amide bonds. The molecule has 1 spiro atoms. The number of benzene rings is 4. The zero-order valence-electron chi connectivity index (χ0n) is 23.3. The van der Waals surface area contributed by atoms with Crippen molar-refractivity contribution in [2.24, 2.45) is 5.41 Å². The van der Waals surface area contributed by atoms with Gasteiger partial charge in [-0.15, -0.1) is 0 Å². The van der Waals surface area contributed by atoms with Crippen molar-refractivity contribution >= 4 is 29.1 Å². The number of fused-ring (bicyclic) bond motifs is 5. The molecule has 0 saturated carbocycles. The fourth-order valence-corrected chi connectivity index (χ4v) is 7.21. The molecule has 3 aliphatic rings. The molecule has 208 valence electrons. The van der Waals surface area contributed by atoms with Gasteiger partial charge in [0.1, 0.15) is 23.0 Å². The Bertz CT molecular complexity index is 1740. The number of para-hydroxylation sites is 2. The third-order valence-corrected chi connectivity index (χ3v) is 8.91. The molecule has 0 radical (unpaired) electrons. The highest BCUT2D eigenvalue weighted by Crippen LogP contribution is 2.62. The number of nitrogens with zero attached hydrogens (tertiary/aromatic N) is 1. The average Bonchev–Trinajstić information content (AvgIpc) is 3.47. The first kappa shape index (κ1) is 26.0. The summed E-state index contributed by atoms with van der Waals surface area (Å²) in [7, 11) is 1.58. The van der Waals surface area contributed by atoms with Crippen LogP contribution in [0.3, 0.4) is 0 Å². The minimum atomic E-state index is -1.58. The monoisotopic (exact) mass is 555 g/mol. The minimum Gasteiger partial charge on any atom is -0.497 e. The van der Waals surface area contributed by atoms with Crippen LogP contribution >= 0.6 is 0 Å². The Morgan fingerprint density at radius 1 is 0.833 bits per heavy atom. The van der Waals surface area contributed by atoms with E-state index in [-0.39, 0.29) is 17.3 Å². The summed E-state index contributed by atoms with van der Waals surface area (Å²) in [5, 5.41) is 0. The van der Waals surface area contributed by atoms with E-state index in [1.54, 1.807) is 55.6 Å². The van der Waals surface area contributed by atoms with Gasteiger partial charge in [0.15, 0.2) is 17.3 Å². The van der Waals surface area contributed by atoms with E-state index >= 15 is 0 Å². The number of hydrogen-bond acceptors (Lipinski definition) is 6. The SMILES string of the molecule is CCOc1ccccc1[C@H]1[C@H](C(=O)c2ccc(OC)cc2)N2c3ccccc3C=C[C@H]2C12C(=O)c1ccccc1C2=O. The summed E-state index contributed by atoms with van der Waals surface area (Å²) in [4.78, 5) is 46.4. The number of carbonyl (C=O) groups excluding carboxylic acids is 3. The molecule has 4 aromatic rings. The van der Waals surface area contributed by atoms with Gasteiger partial charge in [-0.1, -0.05) is 72.8 Å². The van der Waals surface area contributed by atoms with Crippen molar-refractivity contribution in [3.8, 4) is 11.5 Å². The lowest BCUT2D eigenvalue weighted by atomic mass is 9.64. The molecule has 6 heteroatoms. The molecular formula is C36H29NO5. The van der Waals surface area contributed by atoms with Gasteiger partial charge >= 0.3 is 0 Å². The average molecular weight is 556 g/mol. The highest BCUT2D eigenvalue weighted by molar-refractivity contribution is 6.32. The number of ketones is 3. The molecule has 6 nitrogen and oxygen atoms in total. The number of Topliss-reactive ketones (excluding diaryl/α,β-unsaturated/α-hetero) is 3. The van der Waals surface area contributed by atoms with Gasteiger partial charge in [0.05, 0.1) is 19.8 Å². The normalized spacial score (nSPS) is 21.2. The summed E-state index contributed by atoms with van der Waals surface area (Å²) >= 11 is 0. The second-order valence-corrected chi connectivity index (χ2v) is 10.8. The summed E-state index contributed by atoms with van der Waals surface area (Å²) in [6, 6.07) is 27.7. The van der Waals surface area contributed by atoms with Gasteiger partial charge in [-0.25, -0.2) is 0 Å². The summed E-state index contributed by atoms with van der Waals surface area (Å²) in [5.74, 6) is -0.341. The van der Waals surface area contributed by atoms with Gasteiger partial charge in [-0.2, -0.15) is 0 Å². The number of ether oxygens (including phenoxy) is 2. The van der Waals surface area contributed by atoms with Gasteiger partial charge in [0, 0.05) is 33.9 Å². The van der Waals surface area contributed by atoms with E-state index in [0.717, 1.165) is 11.3 Å². The van der Waals surface area contributed by atoms with Crippen LogP contribution in [-0.2, 0) is 0 Å². The highest BCUT2D eigenvalue weighted by atomic mass is 16.5. The quantitative estimate of drug-likeness (QED) is 0.202. The molecular weight excluding hydrogens is 526 g/mol. The number of rotatable bonds is 6. The maximum atomic E-state index is 14.8. The lowest BCUT2D eigenvalue weighted by Crippen LogP contribution is -2.48.